The summed E-state index contributed by atoms with van der Waals surface area (Å²) < 4.78 is 5.32. The van der Waals surface area contributed by atoms with E-state index in [1.807, 2.05) is 18.2 Å². The van der Waals surface area contributed by atoms with E-state index in [2.05, 4.69) is 36.2 Å². The van der Waals surface area contributed by atoms with E-state index in [4.69, 9.17) is 10.2 Å². The molecule has 0 saturated heterocycles. The molecule has 1 atom stereocenters. The first-order valence-corrected chi connectivity index (χ1v) is 6.24. The van der Waals surface area contributed by atoms with Crippen LogP contribution < -0.4 is 5.73 Å². The van der Waals surface area contributed by atoms with E-state index < -0.39 is 0 Å². The molecule has 3 nitrogen and oxygen atoms in total. The van der Waals surface area contributed by atoms with Gasteiger partial charge in [-0.1, -0.05) is 30.3 Å². The van der Waals surface area contributed by atoms with Crippen LogP contribution >= 0.6 is 0 Å². The molecule has 0 aliphatic carbocycles. The second-order valence-electron chi connectivity index (χ2n) is 4.73. The summed E-state index contributed by atoms with van der Waals surface area (Å²) in [5.41, 5.74) is 7.45. The Morgan fingerprint density at radius 1 is 1.17 bits per heavy atom. The Hall–Kier alpha value is -1.58. The molecule has 2 rings (SSSR count). The maximum absolute atomic E-state index is 6.16. The average Bonchev–Trinajstić information content (AvgIpc) is 2.82. The monoisotopic (exact) mass is 244 g/mol. The highest BCUT2D eigenvalue weighted by molar-refractivity contribution is 5.15. The van der Waals surface area contributed by atoms with Crippen LogP contribution in [0.15, 0.2) is 53.1 Å². The van der Waals surface area contributed by atoms with E-state index in [9.17, 15) is 0 Å². The second-order valence-corrected chi connectivity index (χ2v) is 4.73. The summed E-state index contributed by atoms with van der Waals surface area (Å²) in [7, 11) is 2.06. The highest BCUT2D eigenvalue weighted by Gasteiger charge is 2.09. The molecule has 0 fully saturated rings. The predicted molar refractivity (Wildman–Crippen MR) is 73.2 cm³/mol. The Morgan fingerprint density at radius 3 is 2.61 bits per heavy atom. The molecule has 1 heterocycles. The van der Waals surface area contributed by atoms with Crippen molar-refractivity contribution in [2.75, 3.05) is 13.6 Å². The standard InChI is InChI=1S/C15H20N2O/c1-17(12-15-8-5-9-18-15)11-14(16)10-13-6-3-2-4-7-13/h2-9,14H,10-12,16H2,1H3. The van der Waals surface area contributed by atoms with E-state index in [-0.39, 0.29) is 6.04 Å². The van der Waals surface area contributed by atoms with Gasteiger partial charge in [-0.2, -0.15) is 0 Å². The summed E-state index contributed by atoms with van der Waals surface area (Å²) in [6, 6.07) is 14.4. The molecule has 1 aromatic carbocycles. The number of hydrogen-bond acceptors (Lipinski definition) is 3. The molecule has 0 bridgehead atoms. The minimum Gasteiger partial charge on any atom is -0.468 e. The molecule has 0 radical (unpaired) electrons. The fourth-order valence-corrected chi connectivity index (χ4v) is 2.11. The third-order valence-electron chi connectivity index (χ3n) is 2.89. The molecule has 2 N–H and O–H groups in total. The Kier molecular flexibility index (Phi) is 4.56. The van der Waals surface area contributed by atoms with Gasteiger partial charge in [0.25, 0.3) is 0 Å². The van der Waals surface area contributed by atoms with Crippen LogP contribution in [0.4, 0.5) is 0 Å². The largest absolute Gasteiger partial charge is 0.468 e. The molecule has 1 unspecified atom stereocenters. The topological polar surface area (TPSA) is 42.4 Å². The molecular formula is C15H20N2O. The van der Waals surface area contributed by atoms with Gasteiger partial charge in [-0.15, -0.1) is 0 Å². The summed E-state index contributed by atoms with van der Waals surface area (Å²) in [6.45, 7) is 1.66. The van der Waals surface area contributed by atoms with Crippen LogP contribution in [0.2, 0.25) is 0 Å². The highest BCUT2D eigenvalue weighted by atomic mass is 16.3. The highest BCUT2D eigenvalue weighted by Crippen LogP contribution is 2.06. The minimum atomic E-state index is 0.146. The lowest BCUT2D eigenvalue weighted by molar-refractivity contribution is 0.276. The summed E-state index contributed by atoms with van der Waals surface area (Å²) in [5.74, 6) is 0.976. The maximum atomic E-state index is 6.16. The lowest BCUT2D eigenvalue weighted by atomic mass is 10.1. The van der Waals surface area contributed by atoms with Gasteiger partial charge in [-0.3, -0.25) is 4.90 Å². The van der Waals surface area contributed by atoms with Crippen LogP contribution in [0, 0.1) is 0 Å². The number of benzene rings is 1. The molecule has 0 saturated carbocycles. The fourth-order valence-electron chi connectivity index (χ4n) is 2.11. The van der Waals surface area contributed by atoms with Crippen LogP contribution in [0.3, 0.4) is 0 Å². The Balaban J connectivity index is 1.78. The first-order valence-electron chi connectivity index (χ1n) is 6.24. The van der Waals surface area contributed by atoms with Crippen molar-refractivity contribution >= 4 is 0 Å². The van der Waals surface area contributed by atoms with Crippen LogP contribution in [-0.2, 0) is 13.0 Å². The van der Waals surface area contributed by atoms with E-state index in [1.54, 1.807) is 6.26 Å². The van der Waals surface area contributed by atoms with Crippen molar-refractivity contribution < 1.29 is 4.42 Å². The number of nitrogens with two attached hydrogens (primary N) is 1. The fraction of sp³-hybridized carbons (Fsp3) is 0.333. The van der Waals surface area contributed by atoms with Gasteiger partial charge in [-0.25, -0.2) is 0 Å². The van der Waals surface area contributed by atoms with Crippen molar-refractivity contribution in [2.45, 2.75) is 19.0 Å². The van der Waals surface area contributed by atoms with Gasteiger partial charge in [0.15, 0.2) is 0 Å². The van der Waals surface area contributed by atoms with Crippen molar-refractivity contribution in [3.05, 3.63) is 60.1 Å². The Labute approximate surface area is 108 Å². The van der Waals surface area contributed by atoms with E-state index in [0.717, 1.165) is 25.3 Å². The van der Waals surface area contributed by atoms with Crippen molar-refractivity contribution in [1.82, 2.24) is 4.90 Å². The molecule has 1 aromatic heterocycles. The van der Waals surface area contributed by atoms with Crippen molar-refractivity contribution in [3.8, 4) is 0 Å². The third kappa shape index (κ3) is 4.02. The molecule has 0 spiro atoms. The number of furan rings is 1. The molecule has 0 aliphatic heterocycles. The zero-order chi connectivity index (χ0) is 12.8. The molecule has 96 valence electrons. The smallest absolute Gasteiger partial charge is 0.117 e. The maximum Gasteiger partial charge on any atom is 0.117 e. The third-order valence-corrected chi connectivity index (χ3v) is 2.89. The van der Waals surface area contributed by atoms with E-state index in [0.29, 0.717) is 0 Å². The van der Waals surface area contributed by atoms with Gasteiger partial charge in [0.2, 0.25) is 0 Å². The Bertz CT molecular complexity index is 439. The number of likely N-dealkylation sites (N-methyl/N-ethyl adjacent to an activating group) is 1. The summed E-state index contributed by atoms with van der Waals surface area (Å²) in [4.78, 5) is 2.19. The first kappa shape index (κ1) is 12.9. The normalized spacial score (nSPS) is 12.8. The van der Waals surface area contributed by atoms with Crippen LogP contribution in [0.25, 0.3) is 0 Å². The van der Waals surface area contributed by atoms with Gasteiger partial charge in [-0.05, 0) is 31.2 Å². The first-order chi connectivity index (χ1) is 8.74. The molecule has 3 heteroatoms. The molecule has 18 heavy (non-hydrogen) atoms. The summed E-state index contributed by atoms with van der Waals surface area (Å²) >= 11 is 0. The lowest BCUT2D eigenvalue weighted by Gasteiger charge is -2.20. The van der Waals surface area contributed by atoms with Crippen LogP contribution in [0.5, 0.6) is 0 Å². The Morgan fingerprint density at radius 2 is 1.94 bits per heavy atom. The van der Waals surface area contributed by atoms with E-state index in [1.165, 1.54) is 5.56 Å². The van der Waals surface area contributed by atoms with Crippen molar-refractivity contribution in [2.24, 2.45) is 5.73 Å². The van der Waals surface area contributed by atoms with Crippen molar-refractivity contribution in [3.63, 3.8) is 0 Å². The van der Waals surface area contributed by atoms with Gasteiger partial charge in [0.1, 0.15) is 5.76 Å². The molecule has 0 aliphatic rings. The summed E-state index contributed by atoms with van der Waals surface area (Å²) in [5, 5.41) is 0. The molecular weight excluding hydrogens is 224 g/mol. The number of nitrogens with zero attached hydrogens (tertiary/aromatic N) is 1. The minimum absolute atomic E-state index is 0.146. The van der Waals surface area contributed by atoms with Crippen LogP contribution in [0.1, 0.15) is 11.3 Å². The predicted octanol–water partition coefficient (Wildman–Crippen LogP) is 2.28. The van der Waals surface area contributed by atoms with E-state index >= 15 is 0 Å². The summed E-state index contributed by atoms with van der Waals surface area (Å²) in [6.07, 6.45) is 2.61. The lowest BCUT2D eigenvalue weighted by Crippen LogP contribution is -2.36. The van der Waals surface area contributed by atoms with Gasteiger partial charge in [0.05, 0.1) is 12.8 Å². The van der Waals surface area contributed by atoms with Crippen molar-refractivity contribution in [1.29, 1.82) is 0 Å². The molecule has 0 amide bonds. The van der Waals surface area contributed by atoms with Gasteiger partial charge in [0, 0.05) is 12.6 Å². The average molecular weight is 244 g/mol. The zero-order valence-electron chi connectivity index (χ0n) is 10.8. The zero-order valence-corrected chi connectivity index (χ0v) is 10.8. The van der Waals surface area contributed by atoms with Gasteiger partial charge >= 0.3 is 0 Å². The van der Waals surface area contributed by atoms with Gasteiger partial charge < -0.3 is 10.2 Å². The number of hydrogen-bond donors (Lipinski definition) is 1. The quantitative estimate of drug-likeness (QED) is 0.847. The second kappa shape index (κ2) is 6.38. The SMILES string of the molecule is CN(Cc1ccco1)CC(N)Cc1ccccc1. The molecule has 2 aromatic rings. The van der Waals surface area contributed by atoms with Crippen LogP contribution in [-0.4, -0.2) is 24.5 Å². The number of rotatable bonds is 6.